The number of nitrogens with zero attached hydrogens (tertiary/aromatic N) is 6. The van der Waals surface area contributed by atoms with Gasteiger partial charge in [-0.15, -0.1) is 16.4 Å². The number of rotatable bonds is 6. The third-order valence-electron chi connectivity index (χ3n) is 4.40. The molecule has 4 heterocycles. The van der Waals surface area contributed by atoms with Crippen molar-refractivity contribution in [1.82, 2.24) is 30.3 Å². The number of thiophene rings is 1. The van der Waals surface area contributed by atoms with Crippen molar-refractivity contribution in [1.29, 1.82) is 0 Å². The summed E-state index contributed by atoms with van der Waals surface area (Å²) in [5, 5.41) is 22.2. The second kappa shape index (κ2) is 7.27. The van der Waals surface area contributed by atoms with Gasteiger partial charge in [0.2, 0.25) is 5.91 Å². The summed E-state index contributed by atoms with van der Waals surface area (Å²) in [4.78, 5) is 35.0. The molecule has 0 saturated carbocycles. The lowest BCUT2D eigenvalue weighted by molar-refractivity contribution is -0.138. The Morgan fingerprint density at radius 3 is 3.11 bits per heavy atom. The summed E-state index contributed by atoms with van der Waals surface area (Å²) in [6.07, 6.45) is 4.69. The molecule has 0 aliphatic carbocycles. The van der Waals surface area contributed by atoms with E-state index in [1.54, 1.807) is 11.3 Å². The van der Waals surface area contributed by atoms with E-state index in [1.807, 2.05) is 16.3 Å². The lowest BCUT2D eigenvalue weighted by atomic mass is 10.2. The lowest BCUT2D eigenvalue weighted by Crippen LogP contribution is -2.43. The smallest absolute Gasteiger partial charge is 0.325 e. The third kappa shape index (κ3) is 3.58. The zero-order valence-corrected chi connectivity index (χ0v) is 15.1. The highest BCUT2D eigenvalue weighted by atomic mass is 32.1. The van der Waals surface area contributed by atoms with Gasteiger partial charge >= 0.3 is 5.97 Å². The Morgan fingerprint density at radius 2 is 2.26 bits per heavy atom. The van der Waals surface area contributed by atoms with Gasteiger partial charge in [-0.3, -0.25) is 9.59 Å². The summed E-state index contributed by atoms with van der Waals surface area (Å²) in [7, 11) is 0. The molecule has 1 aliphatic rings. The first-order chi connectivity index (χ1) is 13.1. The first kappa shape index (κ1) is 17.3. The Kier molecular flexibility index (Phi) is 4.67. The van der Waals surface area contributed by atoms with Crippen molar-refractivity contribution in [2.75, 3.05) is 11.4 Å². The van der Waals surface area contributed by atoms with Gasteiger partial charge in [-0.25, -0.2) is 14.6 Å². The van der Waals surface area contributed by atoms with Gasteiger partial charge in [0.05, 0.1) is 18.1 Å². The minimum atomic E-state index is -0.998. The lowest BCUT2D eigenvalue weighted by Gasteiger charge is -2.25. The largest absolute Gasteiger partial charge is 0.480 e. The summed E-state index contributed by atoms with van der Waals surface area (Å²) >= 11 is 1.55. The molecule has 1 unspecified atom stereocenters. The number of aromatic nitrogens is 5. The molecule has 10 nitrogen and oxygen atoms in total. The molecule has 0 bridgehead atoms. The molecule has 11 heteroatoms. The van der Waals surface area contributed by atoms with Gasteiger partial charge in [-0.2, -0.15) is 0 Å². The van der Waals surface area contributed by atoms with Gasteiger partial charge in [0.1, 0.15) is 35.3 Å². The molecule has 3 aromatic heterocycles. The molecule has 4 rings (SSSR count). The molecular weight excluding hydrogens is 370 g/mol. The summed E-state index contributed by atoms with van der Waals surface area (Å²) < 4.78 is 1.22. The number of anilines is 1. The fourth-order valence-corrected chi connectivity index (χ4v) is 3.96. The van der Waals surface area contributed by atoms with E-state index in [2.05, 4.69) is 25.6 Å². The molecule has 0 aromatic carbocycles. The molecule has 3 aromatic rings. The fraction of sp³-hybridized carbons (Fsp3) is 0.375. The third-order valence-corrected chi connectivity index (χ3v) is 5.22. The maximum atomic E-state index is 12.7. The minimum absolute atomic E-state index is 0.109. The van der Waals surface area contributed by atoms with Crippen LogP contribution in [0.1, 0.15) is 18.5 Å². The summed E-state index contributed by atoms with van der Waals surface area (Å²) in [5.41, 5.74) is 0.511. The first-order valence-corrected chi connectivity index (χ1v) is 9.33. The van der Waals surface area contributed by atoms with Crippen molar-refractivity contribution < 1.29 is 14.7 Å². The fourth-order valence-electron chi connectivity index (χ4n) is 3.23. The maximum absolute atomic E-state index is 12.7. The number of carboxylic acid groups (broad SMARTS) is 1. The van der Waals surface area contributed by atoms with E-state index in [-0.39, 0.29) is 25.0 Å². The van der Waals surface area contributed by atoms with Gasteiger partial charge < -0.3 is 15.3 Å². The molecule has 1 atom stereocenters. The predicted molar refractivity (Wildman–Crippen MR) is 97.3 cm³/mol. The van der Waals surface area contributed by atoms with Crippen LogP contribution >= 0.6 is 11.3 Å². The van der Waals surface area contributed by atoms with Crippen molar-refractivity contribution in [3.63, 3.8) is 0 Å². The van der Waals surface area contributed by atoms with Gasteiger partial charge in [0.25, 0.3) is 0 Å². The molecule has 140 valence electrons. The molecule has 1 fully saturated rings. The SMILES string of the molecule is O=C(O)Cn1cc(CNC(=O)C2CCCN2c2ncnc3sccc23)nn1. The van der Waals surface area contributed by atoms with Crippen LogP contribution in [0.2, 0.25) is 0 Å². The number of aliphatic carboxylic acids is 1. The van der Waals surface area contributed by atoms with Crippen molar-refractivity contribution in [3.8, 4) is 0 Å². The van der Waals surface area contributed by atoms with Gasteiger partial charge in [-0.05, 0) is 24.3 Å². The zero-order chi connectivity index (χ0) is 18.8. The molecular formula is C16H17N7O3S. The van der Waals surface area contributed by atoms with Crippen molar-refractivity contribution >= 4 is 39.2 Å². The molecule has 0 radical (unpaired) electrons. The Morgan fingerprint density at radius 1 is 1.37 bits per heavy atom. The molecule has 27 heavy (non-hydrogen) atoms. The number of nitrogens with one attached hydrogen (secondary N) is 1. The van der Waals surface area contributed by atoms with E-state index in [0.717, 1.165) is 35.4 Å². The summed E-state index contributed by atoms with van der Waals surface area (Å²) in [5.74, 6) is -0.324. The monoisotopic (exact) mass is 387 g/mol. The van der Waals surface area contributed by atoms with Crippen molar-refractivity contribution in [2.24, 2.45) is 0 Å². The molecule has 2 N–H and O–H groups in total. The molecule has 1 saturated heterocycles. The Bertz CT molecular complexity index is 985. The minimum Gasteiger partial charge on any atom is -0.480 e. The zero-order valence-electron chi connectivity index (χ0n) is 14.3. The number of hydrogen-bond donors (Lipinski definition) is 2. The number of amides is 1. The van der Waals surface area contributed by atoms with Crippen LogP contribution in [0.4, 0.5) is 5.82 Å². The number of carboxylic acids is 1. The van der Waals surface area contributed by atoms with Gasteiger partial charge in [0, 0.05) is 6.54 Å². The van der Waals surface area contributed by atoms with Crippen LogP contribution in [0.3, 0.4) is 0 Å². The van der Waals surface area contributed by atoms with Crippen LogP contribution < -0.4 is 10.2 Å². The molecule has 1 aliphatic heterocycles. The summed E-state index contributed by atoms with van der Waals surface area (Å²) in [6, 6.07) is 1.67. The highest BCUT2D eigenvalue weighted by Crippen LogP contribution is 2.31. The van der Waals surface area contributed by atoms with Crippen molar-refractivity contribution in [3.05, 3.63) is 29.7 Å². The Labute approximate surface area is 157 Å². The van der Waals surface area contributed by atoms with Crippen LogP contribution in [0.15, 0.2) is 24.0 Å². The highest BCUT2D eigenvalue weighted by Gasteiger charge is 2.32. The maximum Gasteiger partial charge on any atom is 0.325 e. The number of carbonyl (C=O) groups excluding carboxylic acids is 1. The predicted octanol–water partition coefficient (Wildman–Crippen LogP) is 0.653. The molecule has 0 spiro atoms. The van der Waals surface area contributed by atoms with E-state index in [1.165, 1.54) is 17.2 Å². The van der Waals surface area contributed by atoms with Crippen LogP contribution in [-0.4, -0.2) is 54.5 Å². The van der Waals surface area contributed by atoms with Gasteiger partial charge in [-0.1, -0.05) is 5.21 Å². The van der Waals surface area contributed by atoms with Gasteiger partial charge in [0.15, 0.2) is 0 Å². The van der Waals surface area contributed by atoms with Crippen LogP contribution in [0, 0.1) is 0 Å². The normalized spacial score (nSPS) is 16.7. The Hall–Kier alpha value is -3.08. The standard InChI is InChI=1S/C16H17N7O3S/c24-13(25)8-22-7-10(20-21-22)6-17-15(26)12-2-1-4-23(12)14-11-3-5-27-16(11)19-9-18-14/h3,5,7,9,12H,1-2,4,6,8H2,(H,17,26)(H,24,25). The average molecular weight is 387 g/mol. The van der Waals surface area contributed by atoms with E-state index < -0.39 is 5.97 Å². The number of carbonyl (C=O) groups is 2. The van der Waals surface area contributed by atoms with Crippen LogP contribution in [0.5, 0.6) is 0 Å². The van der Waals surface area contributed by atoms with E-state index in [0.29, 0.717) is 5.69 Å². The van der Waals surface area contributed by atoms with Crippen molar-refractivity contribution in [2.45, 2.75) is 32.0 Å². The Balaban J connectivity index is 1.44. The van der Waals surface area contributed by atoms with E-state index >= 15 is 0 Å². The second-order valence-corrected chi connectivity index (χ2v) is 7.10. The number of hydrogen-bond acceptors (Lipinski definition) is 8. The number of fused-ring (bicyclic) bond motifs is 1. The summed E-state index contributed by atoms with van der Waals surface area (Å²) in [6.45, 7) is 0.691. The first-order valence-electron chi connectivity index (χ1n) is 8.45. The second-order valence-electron chi connectivity index (χ2n) is 6.21. The van der Waals surface area contributed by atoms with E-state index in [4.69, 9.17) is 5.11 Å². The van der Waals surface area contributed by atoms with Crippen LogP contribution in [-0.2, 0) is 22.7 Å². The average Bonchev–Trinajstić information content (AvgIpc) is 3.38. The van der Waals surface area contributed by atoms with Crippen LogP contribution in [0.25, 0.3) is 10.2 Å². The molecule has 1 amide bonds. The quantitative estimate of drug-likeness (QED) is 0.631. The topological polar surface area (TPSA) is 126 Å². The van der Waals surface area contributed by atoms with E-state index in [9.17, 15) is 9.59 Å². The highest BCUT2D eigenvalue weighted by molar-refractivity contribution is 7.16.